The van der Waals surface area contributed by atoms with Crippen LogP contribution in [0.2, 0.25) is 0 Å². The van der Waals surface area contributed by atoms with Crippen LogP contribution in [0.1, 0.15) is 52.4 Å². The molecule has 2 rings (SSSR count). The molecule has 2 fully saturated rings. The van der Waals surface area contributed by atoms with Crippen molar-refractivity contribution < 1.29 is 4.79 Å². The number of carbonyl (C=O) groups excluding carboxylic acids is 1. The van der Waals surface area contributed by atoms with Crippen molar-refractivity contribution in [1.82, 2.24) is 10.2 Å². The van der Waals surface area contributed by atoms with E-state index < -0.39 is 5.54 Å². The lowest BCUT2D eigenvalue weighted by atomic mass is 9.93. The number of piperidine rings is 1. The molecule has 1 amide bonds. The maximum atomic E-state index is 11.7. The SMILES string of the molecule is CC1CCCN(CCCC(C)(NC2CC2)C(N)=O)C1. The van der Waals surface area contributed by atoms with Gasteiger partial charge in [0.2, 0.25) is 5.91 Å². The van der Waals surface area contributed by atoms with E-state index in [0.29, 0.717) is 6.04 Å². The predicted molar refractivity (Wildman–Crippen MR) is 77.8 cm³/mol. The van der Waals surface area contributed by atoms with Crippen LogP contribution >= 0.6 is 0 Å². The third-order valence-corrected chi connectivity index (χ3v) is 4.54. The summed E-state index contributed by atoms with van der Waals surface area (Å²) in [5.74, 6) is 0.618. The van der Waals surface area contributed by atoms with Crippen molar-refractivity contribution in [3.05, 3.63) is 0 Å². The number of amides is 1. The van der Waals surface area contributed by atoms with Crippen LogP contribution < -0.4 is 11.1 Å². The van der Waals surface area contributed by atoms with Crippen LogP contribution in [0, 0.1) is 5.92 Å². The lowest BCUT2D eigenvalue weighted by Crippen LogP contribution is -2.54. The van der Waals surface area contributed by atoms with Gasteiger partial charge >= 0.3 is 0 Å². The lowest BCUT2D eigenvalue weighted by Gasteiger charge is -2.33. The van der Waals surface area contributed by atoms with E-state index in [-0.39, 0.29) is 5.91 Å². The molecule has 19 heavy (non-hydrogen) atoms. The first-order valence-corrected chi connectivity index (χ1v) is 7.79. The summed E-state index contributed by atoms with van der Waals surface area (Å²) in [6, 6.07) is 0.521. The monoisotopic (exact) mass is 267 g/mol. The molecule has 1 saturated heterocycles. The van der Waals surface area contributed by atoms with Crippen LogP contribution in [-0.4, -0.2) is 42.0 Å². The van der Waals surface area contributed by atoms with Crippen molar-refractivity contribution in [2.75, 3.05) is 19.6 Å². The van der Waals surface area contributed by atoms with Crippen molar-refractivity contribution >= 4 is 5.91 Å². The Morgan fingerprint density at radius 3 is 2.74 bits per heavy atom. The maximum Gasteiger partial charge on any atom is 0.237 e. The maximum absolute atomic E-state index is 11.7. The number of nitrogens with one attached hydrogen (secondary N) is 1. The Hall–Kier alpha value is -0.610. The Balaban J connectivity index is 1.73. The van der Waals surface area contributed by atoms with E-state index in [1.807, 2.05) is 6.92 Å². The zero-order valence-electron chi connectivity index (χ0n) is 12.5. The second-order valence-electron chi connectivity index (χ2n) is 6.77. The van der Waals surface area contributed by atoms with Gasteiger partial charge in [-0.25, -0.2) is 0 Å². The lowest BCUT2D eigenvalue weighted by molar-refractivity contribution is -0.124. The van der Waals surface area contributed by atoms with Gasteiger partial charge in [-0.2, -0.15) is 0 Å². The summed E-state index contributed by atoms with van der Waals surface area (Å²) in [5, 5.41) is 3.42. The molecule has 3 N–H and O–H groups in total. The molecule has 110 valence electrons. The second kappa shape index (κ2) is 6.23. The van der Waals surface area contributed by atoms with E-state index in [2.05, 4.69) is 17.1 Å². The van der Waals surface area contributed by atoms with Crippen LogP contribution in [-0.2, 0) is 4.79 Å². The molecule has 0 aromatic carbocycles. The quantitative estimate of drug-likeness (QED) is 0.735. The third kappa shape index (κ3) is 4.46. The topological polar surface area (TPSA) is 58.4 Å². The second-order valence-corrected chi connectivity index (χ2v) is 6.77. The van der Waals surface area contributed by atoms with Crippen molar-refractivity contribution in [2.24, 2.45) is 11.7 Å². The molecule has 4 nitrogen and oxygen atoms in total. The average Bonchev–Trinajstić information content (AvgIpc) is 3.12. The highest BCUT2D eigenvalue weighted by atomic mass is 16.1. The fraction of sp³-hybridized carbons (Fsp3) is 0.933. The number of rotatable bonds is 7. The van der Waals surface area contributed by atoms with Gasteiger partial charge in [-0.3, -0.25) is 4.79 Å². The summed E-state index contributed by atoms with van der Waals surface area (Å²) in [6.07, 6.45) is 6.95. The van der Waals surface area contributed by atoms with Crippen LogP contribution in [0.25, 0.3) is 0 Å². The van der Waals surface area contributed by atoms with Gasteiger partial charge in [0.1, 0.15) is 0 Å². The van der Waals surface area contributed by atoms with Crippen LogP contribution in [0.3, 0.4) is 0 Å². The molecule has 0 radical (unpaired) electrons. The molecule has 0 bridgehead atoms. The largest absolute Gasteiger partial charge is 0.368 e. The zero-order chi connectivity index (χ0) is 13.9. The molecule has 2 unspecified atom stereocenters. The number of hydrogen-bond acceptors (Lipinski definition) is 3. The number of carbonyl (C=O) groups is 1. The first-order valence-electron chi connectivity index (χ1n) is 7.79. The fourth-order valence-corrected chi connectivity index (χ4v) is 3.09. The molecule has 1 heterocycles. The summed E-state index contributed by atoms with van der Waals surface area (Å²) in [4.78, 5) is 14.2. The molecule has 0 aromatic heterocycles. The molecule has 2 atom stereocenters. The number of nitrogens with zero attached hydrogens (tertiary/aromatic N) is 1. The normalized spacial score (nSPS) is 28.0. The molecule has 1 saturated carbocycles. The van der Waals surface area contributed by atoms with Gasteiger partial charge in [-0.05, 0) is 64.5 Å². The van der Waals surface area contributed by atoms with E-state index in [9.17, 15) is 4.79 Å². The van der Waals surface area contributed by atoms with Crippen LogP contribution in [0.15, 0.2) is 0 Å². The number of nitrogens with two attached hydrogens (primary N) is 1. The van der Waals surface area contributed by atoms with E-state index in [0.717, 1.165) is 25.3 Å². The van der Waals surface area contributed by atoms with E-state index >= 15 is 0 Å². The summed E-state index contributed by atoms with van der Waals surface area (Å²) in [7, 11) is 0. The molecule has 2 aliphatic rings. The average molecular weight is 267 g/mol. The number of likely N-dealkylation sites (tertiary alicyclic amines) is 1. The summed E-state index contributed by atoms with van der Waals surface area (Å²) in [6.45, 7) is 7.82. The molecule has 0 aromatic rings. The summed E-state index contributed by atoms with van der Waals surface area (Å²) in [5.41, 5.74) is 5.06. The van der Waals surface area contributed by atoms with Gasteiger partial charge < -0.3 is 16.0 Å². The van der Waals surface area contributed by atoms with Gasteiger partial charge in [0.05, 0.1) is 5.54 Å². The van der Waals surface area contributed by atoms with Gasteiger partial charge in [-0.15, -0.1) is 0 Å². The number of primary amides is 1. The minimum Gasteiger partial charge on any atom is -0.368 e. The zero-order valence-corrected chi connectivity index (χ0v) is 12.5. The Morgan fingerprint density at radius 2 is 2.16 bits per heavy atom. The van der Waals surface area contributed by atoms with E-state index in [1.165, 1.54) is 38.8 Å². The molecule has 4 heteroatoms. The molecule has 0 spiro atoms. The molecular weight excluding hydrogens is 238 g/mol. The Kier molecular flexibility index (Phi) is 4.85. The Bertz CT molecular complexity index is 317. The smallest absolute Gasteiger partial charge is 0.237 e. The summed E-state index contributed by atoms with van der Waals surface area (Å²) >= 11 is 0. The molecule has 1 aliphatic heterocycles. The van der Waals surface area contributed by atoms with Crippen molar-refractivity contribution in [1.29, 1.82) is 0 Å². The minimum absolute atomic E-state index is 0.202. The van der Waals surface area contributed by atoms with Crippen LogP contribution in [0.4, 0.5) is 0 Å². The first kappa shape index (κ1) is 14.8. The highest BCUT2D eigenvalue weighted by Gasteiger charge is 2.36. The van der Waals surface area contributed by atoms with Gasteiger partial charge in [0, 0.05) is 12.6 Å². The van der Waals surface area contributed by atoms with E-state index in [4.69, 9.17) is 5.73 Å². The first-order chi connectivity index (χ1) is 8.99. The highest BCUT2D eigenvalue weighted by molar-refractivity contribution is 5.84. The molecular formula is C15H29N3O. The molecule has 1 aliphatic carbocycles. The van der Waals surface area contributed by atoms with Crippen molar-refractivity contribution in [3.8, 4) is 0 Å². The van der Waals surface area contributed by atoms with Crippen molar-refractivity contribution in [3.63, 3.8) is 0 Å². The Morgan fingerprint density at radius 1 is 1.42 bits per heavy atom. The minimum atomic E-state index is -0.511. The number of hydrogen-bond donors (Lipinski definition) is 2. The summed E-state index contributed by atoms with van der Waals surface area (Å²) < 4.78 is 0. The van der Waals surface area contributed by atoms with Gasteiger partial charge in [-0.1, -0.05) is 6.92 Å². The third-order valence-electron chi connectivity index (χ3n) is 4.54. The van der Waals surface area contributed by atoms with Crippen LogP contribution in [0.5, 0.6) is 0 Å². The van der Waals surface area contributed by atoms with Crippen molar-refractivity contribution in [2.45, 2.75) is 64.0 Å². The Labute approximate surface area is 117 Å². The van der Waals surface area contributed by atoms with Gasteiger partial charge in [0.25, 0.3) is 0 Å². The predicted octanol–water partition coefficient (Wildman–Crippen LogP) is 1.49. The standard InChI is InChI=1S/C15H29N3O/c1-12-5-3-9-18(11-12)10-4-8-15(2,14(16)19)17-13-6-7-13/h12-13,17H,3-11H2,1-2H3,(H2,16,19). The highest BCUT2D eigenvalue weighted by Crippen LogP contribution is 2.25. The fourth-order valence-electron chi connectivity index (χ4n) is 3.09. The van der Waals surface area contributed by atoms with Gasteiger partial charge in [0.15, 0.2) is 0 Å². The van der Waals surface area contributed by atoms with E-state index in [1.54, 1.807) is 0 Å².